The molecule has 3 rings (SSSR count). The van der Waals surface area contributed by atoms with E-state index in [0.29, 0.717) is 26.1 Å². The zero-order valence-electron chi connectivity index (χ0n) is 12.2. The van der Waals surface area contributed by atoms with Gasteiger partial charge in [-0.25, -0.2) is 4.68 Å². The number of aromatic nitrogens is 4. The Bertz CT molecular complexity index is 517. The number of aryl methyl sites for hydroxylation is 1. The first-order valence-electron chi connectivity index (χ1n) is 7.40. The third-order valence-corrected chi connectivity index (χ3v) is 4.51. The maximum atomic E-state index is 12.4. The lowest BCUT2D eigenvalue weighted by atomic mass is 9.99. The number of likely N-dealkylation sites (N-methyl/N-ethyl adjacent to an activating group) is 1. The van der Waals surface area contributed by atoms with Crippen LogP contribution in [0.3, 0.4) is 0 Å². The molecule has 2 fully saturated rings. The second kappa shape index (κ2) is 5.79. The zero-order valence-corrected chi connectivity index (χ0v) is 12.2. The number of fused-ring (bicyclic) bond motifs is 3. The van der Waals surface area contributed by atoms with E-state index < -0.39 is 0 Å². The Hall–Kier alpha value is -1.99. The number of rotatable bonds is 3. The third-order valence-electron chi connectivity index (χ3n) is 4.51. The second-order valence-corrected chi connectivity index (χ2v) is 5.85. The maximum absolute atomic E-state index is 12.4. The molecule has 0 N–H and O–H groups in total. The van der Waals surface area contributed by atoms with E-state index in [9.17, 15) is 9.59 Å². The van der Waals surface area contributed by atoms with Crippen LogP contribution in [0.25, 0.3) is 0 Å². The monoisotopic (exact) mass is 292 g/mol. The Balaban J connectivity index is 1.65. The minimum Gasteiger partial charge on any atom is -0.341 e. The summed E-state index contributed by atoms with van der Waals surface area (Å²) in [7, 11) is 1.86. The molecule has 0 spiro atoms. The molecule has 0 unspecified atom stereocenters. The molecule has 0 saturated carbocycles. The highest BCUT2D eigenvalue weighted by Gasteiger charge is 2.37. The predicted octanol–water partition coefficient (Wildman–Crippen LogP) is -0.467. The first-order chi connectivity index (χ1) is 10.1. The van der Waals surface area contributed by atoms with Crippen LogP contribution in [0.4, 0.5) is 0 Å². The summed E-state index contributed by atoms with van der Waals surface area (Å²) >= 11 is 0. The SMILES string of the molecule is CN1C(=O)[C@@H]2CCC[C@H]1CN(C(=O)CCn1cnnn1)C2. The fraction of sp³-hybridized carbons (Fsp3) is 0.769. The van der Waals surface area contributed by atoms with E-state index in [4.69, 9.17) is 0 Å². The Kier molecular flexibility index (Phi) is 3.85. The number of tetrazole rings is 1. The van der Waals surface area contributed by atoms with Crippen LogP contribution in [0.15, 0.2) is 6.33 Å². The fourth-order valence-corrected chi connectivity index (χ4v) is 3.22. The van der Waals surface area contributed by atoms with Gasteiger partial charge in [0.05, 0.1) is 12.5 Å². The van der Waals surface area contributed by atoms with Gasteiger partial charge < -0.3 is 9.80 Å². The highest BCUT2D eigenvalue weighted by Crippen LogP contribution is 2.27. The number of carbonyl (C=O) groups excluding carboxylic acids is 2. The van der Waals surface area contributed by atoms with Crippen molar-refractivity contribution < 1.29 is 9.59 Å². The molecule has 2 bridgehead atoms. The Morgan fingerprint density at radius 3 is 3.00 bits per heavy atom. The molecule has 0 aliphatic carbocycles. The maximum Gasteiger partial charge on any atom is 0.227 e. The third kappa shape index (κ3) is 2.88. The zero-order chi connectivity index (χ0) is 14.8. The topological polar surface area (TPSA) is 84.2 Å². The number of hydrogen-bond donors (Lipinski definition) is 0. The van der Waals surface area contributed by atoms with Crippen molar-refractivity contribution in [1.29, 1.82) is 0 Å². The van der Waals surface area contributed by atoms with E-state index in [-0.39, 0.29) is 23.8 Å². The molecule has 2 amide bonds. The summed E-state index contributed by atoms with van der Waals surface area (Å²) in [4.78, 5) is 28.4. The lowest BCUT2D eigenvalue weighted by molar-refractivity contribution is -0.134. The standard InChI is InChI=1S/C13H20N6O2/c1-17-11-4-2-3-10(13(17)21)7-18(8-11)12(20)5-6-19-9-14-15-16-19/h9-11H,2-8H2,1H3/t10-,11+/m1/s1. The molecule has 8 nitrogen and oxygen atoms in total. The Labute approximate surface area is 123 Å². The summed E-state index contributed by atoms with van der Waals surface area (Å²) in [5.41, 5.74) is 0. The molecule has 0 radical (unpaired) electrons. The van der Waals surface area contributed by atoms with Gasteiger partial charge >= 0.3 is 0 Å². The van der Waals surface area contributed by atoms with E-state index in [1.165, 1.54) is 6.33 Å². The molecule has 8 heteroatoms. The number of likely N-dealkylation sites (tertiary alicyclic amines) is 1. The van der Waals surface area contributed by atoms with E-state index in [1.807, 2.05) is 16.8 Å². The van der Waals surface area contributed by atoms with Gasteiger partial charge in [-0.05, 0) is 23.3 Å². The van der Waals surface area contributed by atoms with Crippen molar-refractivity contribution >= 4 is 11.8 Å². The fourth-order valence-electron chi connectivity index (χ4n) is 3.22. The molecular formula is C13H20N6O2. The molecule has 2 aliphatic heterocycles. The summed E-state index contributed by atoms with van der Waals surface area (Å²) < 4.78 is 1.55. The van der Waals surface area contributed by atoms with Crippen LogP contribution in [0.5, 0.6) is 0 Å². The van der Waals surface area contributed by atoms with Crippen LogP contribution in [-0.4, -0.2) is 68.0 Å². The van der Waals surface area contributed by atoms with Crippen molar-refractivity contribution in [2.45, 2.75) is 38.3 Å². The van der Waals surface area contributed by atoms with Crippen LogP contribution in [0.2, 0.25) is 0 Å². The quantitative estimate of drug-likeness (QED) is 0.752. The summed E-state index contributed by atoms with van der Waals surface area (Å²) in [5, 5.41) is 10.9. The van der Waals surface area contributed by atoms with Gasteiger partial charge in [0.15, 0.2) is 0 Å². The first-order valence-corrected chi connectivity index (χ1v) is 7.40. The normalized spacial score (nSPS) is 25.9. The van der Waals surface area contributed by atoms with Gasteiger partial charge in [-0.1, -0.05) is 6.42 Å². The average molecular weight is 292 g/mol. The molecule has 1 aromatic rings. The van der Waals surface area contributed by atoms with Crippen molar-refractivity contribution in [3.05, 3.63) is 6.33 Å². The molecule has 1 aromatic heterocycles. The molecule has 114 valence electrons. The second-order valence-electron chi connectivity index (χ2n) is 5.85. The van der Waals surface area contributed by atoms with Gasteiger partial charge in [0.2, 0.25) is 11.8 Å². The highest BCUT2D eigenvalue weighted by molar-refractivity contribution is 5.82. The van der Waals surface area contributed by atoms with Crippen LogP contribution in [-0.2, 0) is 16.1 Å². The van der Waals surface area contributed by atoms with E-state index in [0.717, 1.165) is 19.3 Å². The molecule has 2 aliphatic rings. The lowest BCUT2D eigenvalue weighted by Gasteiger charge is -2.29. The summed E-state index contributed by atoms with van der Waals surface area (Å²) in [6.07, 6.45) is 4.80. The van der Waals surface area contributed by atoms with Gasteiger partial charge in [-0.15, -0.1) is 5.10 Å². The number of amides is 2. The van der Waals surface area contributed by atoms with Gasteiger partial charge in [-0.3, -0.25) is 9.59 Å². The molecular weight excluding hydrogens is 272 g/mol. The first kappa shape index (κ1) is 14.0. The predicted molar refractivity (Wildman–Crippen MR) is 72.9 cm³/mol. The van der Waals surface area contributed by atoms with Crippen molar-refractivity contribution in [2.75, 3.05) is 20.1 Å². The van der Waals surface area contributed by atoms with Gasteiger partial charge in [0.25, 0.3) is 0 Å². The average Bonchev–Trinajstić information content (AvgIpc) is 2.89. The molecule has 3 heterocycles. The Morgan fingerprint density at radius 1 is 1.38 bits per heavy atom. The minimum atomic E-state index is -0.0421. The largest absolute Gasteiger partial charge is 0.341 e. The number of carbonyl (C=O) groups is 2. The van der Waals surface area contributed by atoms with Gasteiger partial charge in [-0.2, -0.15) is 0 Å². The lowest BCUT2D eigenvalue weighted by Crippen LogP contribution is -2.42. The summed E-state index contributed by atoms with van der Waals surface area (Å²) in [6, 6.07) is 0.155. The Morgan fingerprint density at radius 2 is 2.24 bits per heavy atom. The van der Waals surface area contributed by atoms with Crippen molar-refractivity contribution in [1.82, 2.24) is 30.0 Å². The molecule has 2 atom stereocenters. The van der Waals surface area contributed by atoms with Gasteiger partial charge in [0.1, 0.15) is 6.33 Å². The van der Waals surface area contributed by atoms with E-state index >= 15 is 0 Å². The summed E-state index contributed by atoms with van der Waals surface area (Å²) in [5.74, 6) is 0.221. The van der Waals surface area contributed by atoms with Crippen LogP contribution >= 0.6 is 0 Å². The molecule has 2 saturated heterocycles. The smallest absolute Gasteiger partial charge is 0.227 e. The van der Waals surface area contributed by atoms with Crippen molar-refractivity contribution in [3.8, 4) is 0 Å². The van der Waals surface area contributed by atoms with Crippen LogP contribution < -0.4 is 0 Å². The van der Waals surface area contributed by atoms with E-state index in [2.05, 4.69) is 15.5 Å². The minimum absolute atomic E-state index is 0.0421. The summed E-state index contributed by atoms with van der Waals surface area (Å²) in [6.45, 7) is 1.67. The van der Waals surface area contributed by atoms with Crippen LogP contribution in [0, 0.1) is 5.92 Å². The van der Waals surface area contributed by atoms with Crippen LogP contribution in [0.1, 0.15) is 25.7 Å². The molecule has 0 aromatic carbocycles. The van der Waals surface area contributed by atoms with Gasteiger partial charge in [0, 0.05) is 32.6 Å². The van der Waals surface area contributed by atoms with E-state index in [1.54, 1.807) is 4.68 Å². The molecule has 21 heavy (non-hydrogen) atoms. The number of nitrogens with zero attached hydrogens (tertiary/aromatic N) is 6. The van der Waals surface area contributed by atoms with Crippen molar-refractivity contribution in [2.24, 2.45) is 5.92 Å². The van der Waals surface area contributed by atoms with Crippen molar-refractivity contribution in [3.63, 3.8) is 0 Å². The highest BCUT2D eigenvalue weighted by atomic mass is 16.2. The number of hydrogen-bond acceptors (Lipinski definition) is 5.